The lowest BCUT2D eigenvalue weighted by Crippen LogP contribution is -2.50. The highest BCUT2D eigenvalue weighted by Gasteiger charge is 2.73. The first-order valence-corrected chi connectivity index (χ1v) is 5.52. The normalized spacial score (nSPS) is 34.3. The van der Waals surface area contributed by atoms with Crippen molar-refractivity contribution in [3.8, 4) is 0 Å². The van der Waals surface area contributed by atoms with Gasteiger partial charge < -0.3 is 19.7 Å². The van der Waals surface area contributed by atoms with Crippen molar-refractivity contribution in [2.75, 3.05) is 26.4 Å². The predicted octanol–water partition coefficient (Wildman–Crippen LogP) is 0.873. The van der Waals surface area contributed by atoms with Crippen LogP contribution in [-0.2, 0) is 19.2 Å². The van der Waals surface area contributed by atoms with Gasteiger partial charge in [-0.05, 0) is 0 Å². The molecule has 0 radical (unpaired) electrons. The van der Waals surface area contributed by atoms with Crippen LogP contribution in [-0.4, -0.2) is 60.6 Å². The van der Waals surface area contributed by atoms with Crippen LogP contribution in [0.4, 0.5) is 26.3 Å². The van der Waals surface area contributed by atoms with Crippen LogP contribution in [0.5, 0.6) is 0 Å². The molecule has 0 aromatic carbocycles. The van der Waals surface area contributed by atoms with Crippen molar-refractivity contribution in [2.45, 2.75) is 30.3 Å². The predicted molar refractivity (Wildman–Crippen MR) is 50.4 cm³/mol. The lowest BCUT2D eigenvalue weighted by atomic mass is 10.1. The quantitative estimate of drug-likeness (QED) is 0.507. The lowest BCUT2D eigenvalue weighted by Gasteiger charge is -2.23. The van der Waals surface area contributed by atoms with Crippen molar-refractivity contribution >= 4 is 0 Å². The van der Waals surface area contributed by atoms with E-state index in [0.29, 0.717) is 0 Å². The van der Waals surface area contributed by atoms with E-state index in [1.54, 1.807) is 0 Å². The molecule has 2 fully saturated rings. The van der Waals surface area contributed by atoms with Gasteiger partial charge in [0.2, 0.25) is 0 Å². The van der Waals surface area contributed by atoms with Crippen LogP contribution in [0.25, 0.3) is 0 Å². The number of aliphatic hydroxyl groups is 2. The first-order chi connectivity index (χ1) is 9.41. The molecule has 0 bridgehead atoms. The van der Waals surface area contributed by atoms with Crippen LogP contribution in [0.15, 0.2) is 0 Å². The topological polar surface area (TPSA) is 77.4 Å². The fourth-order valence-corrected chi connectivity index (χ4v) is 1.26. The van der Waals surface area contributed by atoms with Crippen molar-refractivity contribution in [2.24, 2.45) is 0 Å². The van der Waals surface area contributed by atoms with E-state index in [9.17, 15) is 26.3 Å². The maximum Gasteiger partial charge on any atom is 0.446 e. The highest BCUT2D eigenvalue weighted by molar-refractivity contribution is 4.90. The average molecular weight is 330 g/mol. The third-order valence-corrected chi connectivity index (χ3v) is 2.43. The number of alkyl halides is 6. The van der Waals surface area contributed by atoms with Crippen LogP contribution in [0.3, 0.4) is 0 Å². The minimum Gasteiger partial charge on any atom is -0.377 e. The molecule has 0 aliphatic carbocycles. The van der Waals surface area contributed by atoms with E-state index in [-0.39, 0.29) is 0 Å². The fraction of sp³-hybridized carbons (Fsp3) is 1.00. The van der Waals surface area contributed by atoms with Crippen molar-refractivity contribution in [1.82, 2.24) is 0 Å². The molecular formula is C9H12F6O6. The molecule has 0 amide bonds. The van der Waals surface area contributed by atoms with Gasteiger partial charge in [0.05, 0.1) is 32.8 Å². The van der Waals surface area contributed by atoms with Gasteiger partial charge in [0, 0.05) is 0 Å². The summed E-state index contributed by atoms with van der Waals surface area (Å²) in [6.07, 6.45) is -13.2. The number of hydrogen-bond donors (Lipinski definition) is 2. The highest BCUT2D eigenvalue weighted by atomic mass is 19.4. The number of hydrogen-bond acceptors (Lipinski definition) is 6. The van der Waals surface area contributed by atoms with Gasteiger partial charge in [0.1, 0.15) is 0 Å². The monoisotopic (exact) mass is 330 g/mol. The molecule has 2 aliphatic heterocycles. The van der Waals surface area contributed by atoms with E-state index in [1.807, 2.05) is 0 Å². The van der Waals surface area contributed by atoms with Gasteiger partial charge >= 0.3 is 23.9 Å². The van der Waals surface area contributed by atoms with Gasteiger partial charge in [-0.3, -0.25) is 0 Å². The fourth-order valence-electron chi connectivity index (χ4n) is 1.26. The zero-order chi connectivity index (χ0) is 16.4. The maximum atomic E-state index is 11.9. The molecule has 2 aliphatic rings. The summed E-state index contributed by atoms with van der Waals surface area (Å²) in [4.78, 5) is 6.22. The molecule has 21 heavy (non-hydrogen) atoms. The smallest absolute Gasteiger partial charge is 0.377 e. The average Bonchev–Trinajstić information content (AvgIpc) is 2.70. The van der Waals surface area contributed by atoms with Crippen LogP contribution < -0.4 is 0 Å². The first-order valence-electron chi connectivity index (χ1n) is 5.52. The Bertz CT molecular complexity index is 305. The summed E-state index contributed by atoms with van der Waals surface area (Å²) >= 11 is 0. The third-order valence-electron chi connectivity index (χ3n) is 2.43. The summed E-state index contributed by atoms with van der Waals surface area (Å²) in [5.74, 6) is -8.34. The number of ether oxygens (including phenoxy) is 2. The summed E-state index contributed by atoms with van der Waals surface area (Å²) in [7, 11) is 0. The van der Waals surface area contributed by atoms with E-state index in [2.05, 4.69) is 9.78 Å². The number of rotatable bonds is 0. The lowest BCUT2D eigenvalue weighted by molar-refractivity contribution is -0.493. The van der Waals surface area contributed by atoms with Crippen LogP contribution in [0.1, 0.15) is 6.42 Å². The second-order valence-electron chi connectivity index (χ2n) is 4.13. The van der Waals surface area contributed by atoms with Gasteiger partial charge in [0.25, 0.3) is 0 Å². The Morgan fingerprint density at radius 3 is 1.10 bits per heavy atom. The Morgan fingerprint density at radius 2 is 0.952 bits per heavy atom. The molecule has 0 spiro atoms. The molecule has 2 saturated heterocycles. The maximum absolute atomic E-state index is 11.9. The molecular weight excluding hydrogens is 318 g/mol. The van der Waals surface area contributed by atoms with E-state index in [1.165, 1.54) is 0 Å². The molecule has 126 valence electrons. The van der Waals surface area contributed by atoms with E-state index in [0.717, 1.165) is 26.4 Å². The molecule has 0 aromatic rings. The summed E-state index contributed by atoms with van der Waals surface area (Å²) in [5, 5.41) is 17.2. The van der Waals surface area contributed by atoms with Gasteiger partial charge in [-0.15, -0.1) is 0 Å². The van der Waals surface area contributed by atoms with Crippen LogP contribution >= 0.6 is 0 Å². The molecule has 6 nitrogen and oxygen atoms in total. The first kappa shape index (κ1) is 18.4. The second kappa shape index (κ2) is 6.22. The summed E-state index contributed by atoms with van der Waals surface area (Å²) in [6, 6.07) is 0. The van der Waals surface area contributed by atoms with Crippen molar-refractivity contribution in [3.05, 3.63) is 0 Å². The molecule has 2 N–H and O–H groups in total. The third kappa shape index (κ3) is 4.40. The van der Waals surface area contributed by atoms with Crippen molar-refractivity contribution in [3.63, 3.8) is 0 Å². The van der Waals surface area contributed by atoms with Gasteiger partial charge in [-0.1, -0.05) is 0 Å². The zero-order valence-corrected chi connectivity index (χ0v) is 10.3. The molecule has 0 unspecified atom stereocenters. The van der Waals surface area contributed by atoms with Crippen LogP contribution in [0.2, 0.25) is 0 Å². The Morgan fingerprint density at radius 1 is 0.667 bits per heavy atom. The second-order valence-corrected chi connectivity index (χ2v) is 4.13. The van der Waals surface area contributed by atoms with Crippen molar-refractivity contribution < 1.29 is 55.8 Å². The summed E-state index contributed by atoms with van der Waals surface area (Å²) in [5.41, 5.74) is 0. The number of halogens is 6. The largest absolute Gasteiger partial charge is 0.446 e. The van der Waals surface area contributed by atoms with Gasteiger partial charge in [-0.2, -0.15) is 36.1 Å². The Balaban J connectivity index is 0.000000304. The zero-order valence-electron chi connectivity index (χ0n) is 10.3. The molecule has 0 saturated carbocycles. The molecule has 0 aromatic heterocycles. The van der Waals surface area contributed by atoms with Crippen LogP contribution in [0, 0.1) is 0 Å². The molecule has 12 heteroatoms. The van der Waals surface area contributed by atoms with E-state index in [4.69, 9.17) is 19.7 Å². The minimum atomic E-state index is -5.51. The Hall–Kier alpha value is -0.660. The standard InChI is InChI=1S/C5H4F6O4.C4H8O2/c6-4(7,8)2(12)1-3(13,15-14-2)5(9,10)11;1-2-6-4-3-5-1/h12-13H,1H2;1-4H2/t2-,3-;/m0./s1. The SMILES string of the molecule is C1COCCO1.O[C@@]1(C(F)(F)F)C[C@@](O)(C(F)(F)F)OO1. The Labute approximate surface area is 114 Å². The van der Waals surface area contributed by atoms with E-state index < -0.39 is 30.3 Å². The minimum absolute atomic E-state index is 0.778. The highest BCUT2D eigenvalue weighted by Crippen LogP contribution is 2.49. The molecule has 2 rings (SSSR count). The summed E-state index contributed by atoms with van der Waals surface area (Å²) in [6.45, 7) is 3.11. The Kier molecular flexibility index (Phi) is 5.45. The van der Waals surface area contributed by atoms with Crippen molar-refractivity contribution in [1.29, 1.82) is 0 Å². The summed E-state index contributed by atoms with van der Waals surface area (Å²) < 4.78 is 81.5. The van der Waals surface area contributed by atoms with Gasteiger partial charge in [0.15, 0.2) is 0 Å². The molecule has 2 heterocycles. The van der Waals surface area contributed by atoms with Gasteiger partial charge in [-0.25, -0.2) is 0 Å². The van der Waals surface area contributed by atoms with E-state index >= 15 is 0 Å². The molecule has 2 atom stereocenters.